The van der Waals surface area contributed by atoms with Crippen molar-refractivity contribution in [3.63, 3.8) is 0 Å². The molecule has 2 aromatic rings. The first-order valence-corrected chi connectivity index (χ1v) is 8.88. The first-order valence-electron chi connectivity index (χ1n) is 8.88. The molecular weight excluding hydrogens is 320 g/mol. The molecule has 0 aliphatic heterocycles. The van der Waals surface area contributed by atoms with Gasteiger partial charge >= 0.3 is 0 Å². The molecule has 134 valence electrons. The maximum Gasteiger partial charge on any atom is 0.258 e. The van der Waals surface area contributed by atoms with Crippen molar-refractivity contribution in [3.8, 4) is 0 Å². The average Bonchev–Trinajstić information content (AvgIpc) is 2.63. The fourth-order valence-corrected chi connectivity index (χ4v) is 2.90. The van der Waals surface area contributed by atoms with Gasteiger partial charge in [0.2, 0.25) is 0 Å². The van der Waals surface area contributed by atoms with E-state index in [0.29, 0.717) is 12.1 Å². The van der Waals surface area contributed by atoms with Crippen LogP contribution < -0.4 is 4.90 Å². The van der Waals surface area contributed by atoms with Crippen molar-refractivity contribution in [1.29, 1.82) is 0 Å². The second kappa shape index (κ2) is 9.30. The van der Waals surface area contributed by atoms with E-state index in [0.717, 1.165) is 31.7 Å². The Balaban J connectivity index is 2.35. The summed E-state index contributed by atoms with van der Waals surface area (Å²) in [5, 5.41) is 0. The van der Waals surface area contributed by atoms with Crippen LogP contribution in [0.2, 0.25) is 0 Å². The number of nitrogens with zero attached hydrogens (tertiary/aromatic N) is 1. The SMILES string of the molecule is CCCCC(CC)CN(C(=O)c1ccccc1)c1ccc(F)cc1F. The number of halogens is 2. The third kappa shape index (κ3) is 5.12. The highest BCUT2D eigenvalue weighted by Gasteiger charge is 2.23. The lowest BCUT2D eigenvalue weighted by molar-refractivity contribution is 0.0981. The Labute approximate surface area is 148 Å². The summed E-state index contributed by atoms with van der Waals surface area (Å²) < 4.78 is 27.6. The van der Waals surface area contributed by atoms with Gasteiger partial charge in [-0.2, -0.15) is 0 Å². The summed E-state index contributed by atoms with van der Waals surface area (Å²) in [6.07, 6.45) is 4.03. The third-order valence-electron chi connectivity index (χ3n) is 4.45. The Hall–Kier alpha value is -2.23. The van der Waals surface area contributed by atoms with Gasteiger partial charge in [0.15, 0.2) is 0 Å². The Morgan fingerprint density at radius 3 is 2.40 bits per heavy atom. The molecule has 1 atom stereocenters. The van der Waals surface area contributed by atoms with E-state index in [1.54, 1.807) is 24.3 Å². The van der Waals surface area contributed by atoms with Crippen molar-refractivity contribution in [2.75, 3.05) is 11.4 Å². The van der Waals surface area contributed by atoms with Crippen LogP contribution in [-0.2, 0) is 0 Å². The van der Waals surface area contributed by atoms with Crippen LogP contribution >= 0.6 is 0 Å². The number of carbonyl (C=O) groups excluding carboxylic acids is 1. The molecule has 4 heteroatoms. The van der Waals surface area contributed by atoms with E-state index in [4.69, 9.17) is 0 Å². The summed E-state index contributed by atoms with van der Waals surface area (Å²) in [6.45, 7) is 4.62. The number of hydrogen-bond donors (Lipinski definition) is 0. The Morgan fingerprint density at radius 2 is 1.80 bits per heavy atom. The molecule has 0 heterocycles. The zero-order valence-electron chi connectivity index (χ0n) is 14.8. The molecule has 2 aromatic carbocycles. The quantitative estimate of drug-likeness (QED) is 0.589. The van der Waals surface area contributed by atoms with Crippen LogP contribution in [0.1, 0.15) is 49.9 Å². The molecule has 2 nitrogen and oxygen atoms in total. The molecule has 0 saturated carbocycles. The van der Waals surface area contributed by atoms with Gasteiger partial charge in [-0.25, -0.2) is 8.78 Å². The van der Waals surface area contributed by atoms with Crippen molar-refractivity contribution >= 4 is 11.6 Å². The summed E-state index contributed by atoms with van der Waals surface area (Å²) >= 11 is 0. The van der Waals surface area contributed by atoms with Gasteiger partial charge in [-0.3, -0.25) is 4.79 Å². The van der Waals surface area contributed by atoms with E-state index in [1.807, 2.05) is 6.07 Å². The lowest BCUT2D eigenvalue weighted by Crippen LogP contribution is -2.36. The van der Waals surface area contributed by atoms with Crippen molar-refractivity contribution in [3.05, 3.63) is 65.7 Å². The molecule has 1 unspecified atom stereocenters. The van der Waals surface area contributed by atoms with E-state index in [1.165, 1.54) is 17.0 Å². The number of unbranched alkanes of at least 4 members (excludes halogenated alkanes) is 1. The van der Waals surface area contributed by atoms with Crippen LogP contribution in [0.15, 0.2) is 48.5 Å². The molecule has 1 amide bonds. The molecule has 0 bridgehead atoms. The van der Waals surface area contributed by atoms with Crippen LogP contribution in [0.25, 0.3) is 0 Å². The molecule has 2 rings (SSSR count). The molecule has 0 saturated heterocycles. The lowest BCUT2D eigenvalue weighted by Gasteiger charge is -2.28. The zero-order chi connectivity index (χ0) is 18.2. The molecule has 0 fully saturated rings. The molecule has 0 aromatic heterocycles. The molecule has 0 spiro atoms. The Morgan fingerprint density at radius 1 is 1.08 bits per heavy atom. The highest BCUT2D eigenvalue weighted by atomic mass is 19.1. The fraction of sp³-hybridized carbons (Fsp3) is 0.381. The molecular formula is C21H25F2NO. The predicted octanol–water partition coefficient (Wildman–Crippen LogP) is 5.83. The highest BCUT2D eigenvalue weighted by Crippen LogP contribution is 2.25. The average molecular weight is 345 g/mol. The minimum Gasteiger partial charge on any atom is -0.305 e. The second-order valence-electron chi connectivity index (χ2n) is 6.29. The van der Waals surface area contributed by atoms with Gasteiger partial charge in [0.05, 0.1) is 5.69 Å². The van der Waals surface area contributed by atoms with Crippen LogP contribution in [0.4, 0.5) is 14.5 Å². The van der Waals surface area contributed by atoms with E-state index in [-0.39, 0.29) is 17.5 Å². The van der Waals surface area contributed by atoms with Crippen LogP contribution in [0, 0.1) is 17.6 Å². The van der Waals surface area contributed by atoms with Crippen molar-refractivity contribution < 1.29 is 13.6 Å². The summed E-state index contributed by atoms with van der Waals surface area (Å²) in [4.78, 5) is 14.4. The van der Waals surface area contributed by atoms with Crippen molar-refractivity contribution in [1.82, 2.24) is 0 Å². The summed E-state index contributed by atoms with van der Waals surface area (Å²) in [7, 11) is 0. The number of carbonyl (C=O) groups is 1. The van der Waals surface area contributed by atoms with Gasteiger partial charge in [-0.1, -0.05) is 51.3 Å². The zero-order valence-corrected chi connectivity index (χ0v) is 14.8. The number of hydrogen-bond acceptors (Lipinski definition) is 1. The summed E-state index contributed by atoms with van der Waals surface area (Å²) in [6, 6.07) is 12.2. The minimum atomic E-state index is -0.713. The van der Waals surface area contributed by atoms with Crippen molar-refractivity contribution in [2.24, 2.45) is 5.92 Å². The summed E-state index contributed by atoms with van der Waals surface area (Å²) in [5.41, 5.74) is 0.627. The summed E-state index contributed by atoms with van der Waals surface area (Å²) in [5.74, 6) is -1.35. The van der Waals surface area contributed by atoms with Gasteiger partial charge in [-0.05, 0) is 36.6 Å². The smallest absolute Gasteiger partial charge is 0.258 e. The molecule has 25 heavy (non-hydrogen) atoms. The minimum absolute atomic E-state index is 0.130. The Kier molecular flexibility index (Phi) is 7.11. The Bertz CT molecular complexity index is 688. The number of benzene rings is 2. The predicted molar refractivity (Wildman–Crippen MR) is 97.8 cm³/mol. The topological polar surface area (TPSA) is 20.3 Å². The van der Waals surface area contributed by atoms with Crippen LogP contribution in [-0.4, -0.2) is 12.5 Å². The van der Waals surface area contributed by atoms with E-state index >= 15 is 0 Å². The maximum atomic E-state index is 14.3. The van der Waals surface area contributed by atoms with Gasteiger partial charge in [0.1, 0.15) is 11.6 Å². The first-order chi connectivity index (χ1) is 12.1. The van der Waals surface area contributed by atoms with E-state index < -0.39 is 11.6 Å². The molecule has 0 radical (unpaired) electrons. The van der Waals surface area contributed by atoms with E-state index in [9.17, 15) is 13.6 Å². The van der Waals surface area contributed by atoms with Gasteiger partial charge < -0.3 is 4.90 Å². The first kappa shape index (κ1) is 19.1. The standard InChI is InChI=1S/C21H25F2NO/c1-3-5-9-16(4-2)15-24(20-13-12-18(22)14-19(20)23)21(25)17-10-7-6-8-11-17/h6-8,10-14,16H,3-5,9,15H2,1-2H3. The number of anilines is 1. The highest BCUT2D eigenvalue weighted by molar-refractivity contribution is 6.06. The number of amides is 1. The number of rotatable bonds is 8. The molecule has 0 N–H and O–H groups in total. The molecule has 0 aliphatic rings. The van der Waals surface area contributed by atoms with E-state index in [2.05, 4.69) is 13.8 Å². The largest absolute Gasteiger partial charge is 0.305 e. The van der Waals surface area contributed by atoms with Crippen LogP contribution in [0.3, 0.4) is 0 Å². The second-order valence-corrected chi connectivity index (χ2v) is 6.29. The third-order valence-corrected chi connectivity index (χ3v) is 4.45. The normalized spacial score (nSPS) is 12.0. The van der Waals surface area contributed by atoms with Gasteiger partial charge in [-0.15, -0.1) is 0 Å². The van der Waals surface area contributed by atoms with Gasteiger partial charge in [0.25, 0.3) is 5.91 Å². The lowest BCUT2D eigenvalue weighted by atomic mass is 9.98. The van der Waals surface area contributed by atoms with Gasteiger partial charge in [0, 0.05) is 18.2 Å². The van der Waals surface area contributed by atoms with Crippen molar-refractivity contribution in [2.45, 2.75) is 39.5 Å². The fourth-order valence-electron chi connectivity index (χ4n) is 2.90. The van der Waals surface area contributed by atoms with Crippen LogP contribution in [0.5, 0.6) is 0 Å². The monoisotopic (exact) mass is 345 g/mol. The maximum absolute atomic E-state index is 14.3. The molecule has 0 aliphatic carbocycles.